The van der Waals surface area contributed by atoms with Gasteiger partial charge in [-0.25, -0.2) is 4.79 Å². The minimum atomic E-state index is -0.137. The number of rotatable bonds is 6. The molecule has 1 aliphatic carbocycles. The van der Waals surface area contributed by atoms with E-state index in [0.29, 0.717) is 13.1 Å². The first-order valence-electron chi connectivity index (χ1n) is 8.66. The standard InChI is InChI=1S/C17H25N5OS/c1-2-22-13-20-21-15(22)11-18-16(23)19-12-17(8-4-3-5-9-17)14-7-6-10-24-14/h6-7,10,13H,2-5,8-9,11-12H2,1H3,(H2,18,19,23). The van der Waals surface area contributed by atoms with E-state index < -0.39 is 0 Å². The molecule has 0 unspecified atom stereocenters. The van der Waals surface area contributed by atoms with Gasteiger partial charge in [0.1, 0.15) is 6.33 Å². The van der Waals surface area contributed by atoms with Crippen LogP contribution in [0.15, 0.2) is 23.8 Å². The summed E-state index contributed by atoms with van der Waals surface area (Å²) in [6, 6.07) is 4.18. The summed E-state index contributed by atoms with van der Waals surface area (Å²) >= 11 is 1.80. The van der Waals surface area contributed by atoms with Gasteiger partial charge in [-0.2, -0.15) is 0 Å². The molecule has 0 spiro atoms. The summed E-state index contributed by atoms with van der Waals surface area (Å²) in [5, 5.41) is 16.0. The van der Waals surface area contributed by atoms with Crippen molar-refractivity contribution >= 4 is 17.4 Å². The number of thiophene rings is 1. The van der Waals surface area contributed by atoms with Gasteiger partial charge < -0.3 is 15.2 Å². The molecule has 1 fully saturated rings. The summed E-state index contributed by atoms with van der Waals surface area (Å²) in [6.07, 6.45) is 7.76. The molecule has 1 aliphatic rings. The van der Waals surface area contributed by atoms with Crippen LogP contribution in [0.25, 0.3) is 0 Å². The maximum Gasteiger partial charge on any atom is 0.315 e. The van der Waals surface area contributed by atoms with Crippen LogP contribution in [0.3, 0.4) is 0 Å². The van der Waals surface area contributed by atoms with Crippen LogP contribution in [0.5, 0.6) is 0 Å². The van der Waals surface area contributed by atoms with Gasteiger partial charge in [-0.05, 0) is 31.2 Å². The van der Waals surface area contributed by atoms with Crippen LogP contribution in [-0.2, 0) is 18.5 Å². The van der Waals surface area contributed by atoms with E-state index in [1.807, 2.05) is 11.5 Å². The summed E-state index contributed by atoms with van der Waals surface area (Å²) < 4.78 is 1.93. The van der Waals surface area contributed by atoms with Crippen LogP contribution in [0.1, 0.15) is 49.7 Å². The van der Waals surface area contributed by atoms with E-state index in [2.05, 4.69) is 38.3 Å². The van der Waals surface area contributed by atoms with Crippen molar-refractivity contribution in [2.24, 2.45) is 0 Å². The number of aromatic nitrogens is 3. The van der Waals surface area contributed by atoms with Crippen molar-refractivity contribution in [2.45, 2.75) is 57.5 Å². The molecule has 2 amide bonds. The number of nitrogens with one attached hydrogen (secondary N) is 2. The Labute approximate surface area is 146 Å². The second-order valence-electron chi connectivity index (χ2n) is 6.39. The Morgan fingerprint density at radius 1 is 1.33 bits per heavy atom. The molecular formula is C17H25N5OS. The van der Waals surface area contributed by atoms with E-state index in [1.165, 1.54) is 24.1 Å². The van der Waals surface area contributed by atoms with Crippen LogP contribution in [0, 0.1) is 0 Å². The van der Waals surface area contributed by atoms with E-state index in [-0.39, 0.29) is 11.4 Å². The number of urea groups is 1. The summed E-state index contributed by atoms with van der Waals surface area (Å²) in [5.74, 6) is 0.776. The smallest absolute Gasteiger partial charge is 0.315 e. The Morgan fingerprint density at radius 3 is 2.88 bits per heavy atom. The van der Waals surface area contributed by atoms with Crippen molar-refractivity contribution in [1.29, 1.82) is 0 Å². The molecule has 3 rings (SSSR count). The van der Waals surface area contributed by atoms with Gasteiger partial charge in [-0.1, -0.05) is 25.3 Å². The lowest BCUT2D eigenvalue weighted by molar-refractivity contribution is 0.230. The predicted octanol–water partition coefficient (Wildman–Crippen LogP) is 3.06. The van der Waals surface area contributed by atoms with Crippen molar-refractivity contribution in [3.05, 3.63) is 34.5 Å². The minimum Gasteiger partial charge on any atom is -0.337 e. The highest BCUT2D eigenvalue weighted by molar-refractivity contribution is 7.10. The highest BCUT2D eigenvalue weighted by atomic mass is 32.1. The summed E-state index contributed by atoms with van der Waals surface area (Å²) in [4.78, 5) is 13.6. The van der Waals surface area contributed by atoms with E-state index >= 15 is 0 Å². The topological polar surface area (TPSA) is 71.8 Å². The summed E-state index contributed by atoms with van der Waals surface area (Å²) in [7, 11) is 0. The number of hydrogen-bond acceptors (Lipinski definition) is 4. The number of nitrogens with zero attached hydrogens (tertiary/aromatic N) is 3. The molecular weight excluding hydrogens is 322 g/mol. The Balaban J connectivity index is 1.55. The molecule has 0 radical (unpaired) electrons. The van der Waals surface area contributed by atoms with Gasteiger partial charge in [0.2, 0.25) is 0 Å². The molecule has 0 aliphatic heterocycles. The lowest BCUT2D eigenvalue weighted by atomic mass is 9.73. The predicted molar refractivity (Wildman–Crippen MR) is 95.0 cm³/mol. The maximum atomic E-state index is 12.2. The zero-order chi connectivity index (χ0) is 16.8. The Bertz CT molecular complexity index is 646. The zero-order valence-corrected chi connectivity index (χ0v) is 14.9. The fraction of sp³-hybridized carbons (Fsp3) is 0.588. The van der Waals surface area contributed by atoms with Crippen molar-refractivity contribution < 1.29 is 4.79 Å². The number of hydrogen-bond donors (Lipinski definition) is 2. The van der Waals surface area contributed by atoms with Crippen LogP contribution in [0.4, 0.5) is 4.79 Å². The van der Waals surface area contributed by atoms with Gasteiger partial charge in [-0.15, -0.1) is 21.5 Å². The second kappa shape index (κ2) is 7.79. The normalized spacial score (nSPS) is 16.7. The molecule has 0 bridgehead atoms. The molecule has 2 aromatic heterocycles. The van der Waals surface area contributed by atoms with Gasteiger partial charge in [-0.3, -0.25) is 0 Å². The highest BCUT2D eigenvalue weighted by Crippen LogP contribution is 2.41. The molecule has 2 heterocycles. The van der Waals surface area contributed by atoms with Crippen LogP contribution < -0.4 is 10.6 Å². The maximum absolute atomic E-state index is 12.2. The third-order valence-electron chi connectivity index (χ3n) is 4.89. The molecule has 2 N–H and O–H groups in total. The SMILES string of the molecule is CCn1cnnc1CNC(=O)NCC1(c2cccs2)CCCCC1. The number of aryl methyl sites for hydroxylation is 1. The summed E-state index contributed by atoms with van der Waals surface area (Å²) in [6.45, 7) is 3.92. The Kier molecular flexibility index (Phi) is 5.50. The third-order valence-corrected chi connectivity index (χ3v) is 6.00. The van der Waals surface area contributed by atoms with E-state index in [0.717, 1.165) is 25.2 Å². The quantitative estimate of drug-likeness (QED) is 0.843. The molecule has 1 saturated carbocycles. The third kappa shape index (κ3) is 3.77. The molecule has 0 saturated heterocycles. The van der Waals surface area contributed by atoms with Crippen LogP contribution in [-0.4, -0.2) is 27.3 Å². The Hall–Kier alpha value is -1.89. The first kappa shape index (κ1) is 17.0. The Morgan fingerprint density at radius 2 is 2.17 bits per heavy atom. The lowest BCUT2D eigenvalue weighted by Crippen LogP contribution is -2.45. The van der Waals surface area contributed by atoms with E-state index in [1.54, 1.807) is 17.7 Å². The average molecular weight is 347 g/mol. The van der Waals surface area contributed by atoms with Gasteiger partial charge in [0.05, 0.1) is 6.54 Å². The fourth-order valence-corrected chi connectivity index (χ4v) is 4.46. The number of carbonyl (C=O) groups excluding carboxylic acids is 1. The number of amides is 2. The van der Waals surface area contributed by atoms with Gasteiger partial charge in [0.15, 0.2) is 5.82 Å². The van der Waals surface area contributed by atoms with Crippen molar-refractivity contribution in [2.75, 3.05) is 6.54 Å². The van der Waals surface area contributed by atoms with Crippen LogP contribution in [0.2, 0.25) is 0 Å². The first-order valence-corrected chi connectivity index (χ1v) is 9.54. The zero-order valence-electron chi connectivity index (χ0n) is 14.1. The van der Waals surface area contributed by atoms with Crippen molar-refractivity contribution in [3.63, 3.8) is 0 Å². The van der Waals surface area contributed by atoms with Gasteiger partial charge in [0, 0.05) is 23.4 Å². The monoisotopic (exact) mass is 347 g/mol. The molecule has 130 valence electrons. The minimum absolute atomic E-state index is 0.104. The first-order chi connectivity index (χ1) is 11.7. The molecule has 7 heteroatoms. The van der Waals surface area contributed by atoms with E-state index in [9.17, 15) is 4.79 Å². The largest absolute Gasteiger partial charge is 0.337 e. The average Bonchev–Trinajstić information content (AvgIpc) is 3.30. The molecule has 6 nitrogen and oxygen atoms in total. The molecule has 24 heavy (non-hydrogen) atoms. The van der Waals surface area contributed by atoms with Crippen LogP contribution >= 0.6 is 11.3 Å². The molecule has 0 atom stereocenters. The van der Waals surface area contributed by atoms with Crippen molar-refractivity contribution in [3.8, 4) is 0 Å². The number of carbonyl (C=O) groups is 1. The molecule has 0 aromatic carbocycles. The summed E-state index contributed by atoms with van der Waals surface area (Å²) in [5.41, 5.74) is 0.104. The van der Waals surface area contributed by atoms with Gasteiger partial charge in [0.25, 0.3) is 0 Å². The van der Waals surface area contributed by atoms with Gasteiger partial charge >= 0.3 is 6.03 Å². The lowest BCUT2D eigenvalue weighted by Gasteiger charge is -2.36. The highest BCUT2D eigenvalue weighted by Gasteiger charge is 2.35. The molecule has 2 aromatic rings. The van der Waals surface area contributed by atoms with Crippen molar-refractivity contribution in [1.82, 2.24) is 25.4 Å². The fourth-order valence-electron chi connectivity index (χ4n) is 3.47. The second-order valence-corrected chi connectivity index (χ2v) is 7.34. The van der Waals surface area contributed by atoms with E-state index in [4.69, 9.17) is 0 Å².